The highest BCUT2D eigenvalue weighted by Gasteiger charge is 2.18. The molecule has 0 aliphatic rings. The van der Waals surface area contributed by atoms with Crippen LogP contribution in [0.2, 0.25) is 0 Å². The Morgan fingerprint density at radius 2 is 1.89 bits per heavy atom. The van der Waals surface area contributed by atoms with Crippen molar-refractivity contribution >= 4 is 33.0 Å². The quantitative estimate of drug-likeness (QED) is 0.908. The molecule has 100 valence electrons. The van der Waals surface area contributed by atoms with E-state index in [1.807, 2.05) is 0 Å². The summed E-state index contributed by atoms with van der Waals surface area (Å²) in [6, 6.07) is 5.86. The summed E-state index contributed by atoms with van der Waals surface area (Å²) < 4.78 is 38.7. The van der Waals surface area contributed by atoms with Gasteiger partial charge in [0.2, 0.25) is 0 Å². The Labute approximate surface area is 112 Å². The molecule has 0 amide bonds. The van der Waals surface area contributed by atoms with Gasteiger partial charge in [0.1, 0.15) is 10.0 Å². The molecule has 0 radical (unpaired) electrons. The fourth-order valence-corrected chi connectivity index (χ4v) is 3.51. The fraction of sp³-hybridized carbons (Fsp3) is 0. The topological polar surface area (TPSA) is 83.5 Å². The summed E-state index contributed by atoms with van der Waals surface area (Å²) in [5, 5.41) is 9.97. The van der Waals surface area contributed by atoms with Gasteiger partial charge in [-0.3, -0.25) is 4.72 Å². The second-order valence-electron chi connectivity index (χ2n) is 3.57. The van der Waals surface area contributed by atoms with Crippen LogP contribution in [0, 0.1) is 5.82 Å². The fourth-order valence-electron chi connectivity index (χ4n) is 1.29. The van der Waals surface area contributed by atoms with Crippen LogP contribution in [0.15, 0.2) is 39.9 Å². The summed E-state index contributed by atoms with van der Waals surface area (Å²) in [7, 11) is -3.86. The van der Waals surface area contributed by atoms with E-state index in [0.717, 1.165) is 29.5 Å². The minimum atomic E-state index is -3.86. The predicted octanol–water partition coefficient (Wildman–Crippen LogP) is 2.39. The highest BCUT2D eigenvalue weighted by atomic mass is 32.2. The second-order valence-corrected chi connectivity index (χ2v) is 6.39. The predicted molar refractivity (Wildman–Crippen MR) is 68.5 cm³/mol. The molecule has 2 aromatic rings. The number of carboxylic acids is 1. The average Bonchev–Trinajstić information content (AvgIpc) is 2.82. The maximum absolute atomic E-state index is 12.7. The third-order valence-electron chi connectivity index (χ3n) is 2.18. The van der Waals surface area contributed by atoms with Crippen LogP contribution in [0.4, 0.5) is 10.1 Å². The number of benzene rings is 1. The number of rotatable bonds is 4. The molecule has 1 heterocycles. The van der Waals surface area contributed by atoms with E-state index in [-0.39, 0.29) is 15.5 Å². The minimum absolute atomic E-state index is 0.0931. The number of carboxylic acid groups (broad SMARTS) is 1. The van der Waals surface area contributed by atoms with E-state index in [2.05, 4.69) is 4.72 Å². The number of hydrogen-bond donors (Lipinski definition) is 2. The number of nitrogens with one attached hydrogen (secondary N) is 1. The van der Waals surface area contributed by atoms with Crippen molar-refractivity contribution in [1.29, 1.82) is 0 Å². The van der Waals surface area contributed by atoms with E-state index in [9.17, 15) is 17.6 Å². The molecule has 0 bridgehead atoms. The van der Waals surface area contributed by atoms with Gasteiger partial charge in [0, 0.05) is 11.1 Å². The zero-order valence-corrected chi connectivity index (χ0v) is 11.0. The van der Waals surface area contributed by atoms with Crippen molar-refractivity contribution in [2.75, 3.05) is 4.72 Å². The summed E-state index contributed by atoms with van der Waals surface area (Å²) in [5.74, 6) is -1.67. The van der Waals surface area contributed by atoms with Crippen molar-refractivity contribution in [2.24, 2.45) is 0 Å². The smallest absolute Gasteiger partial charge is 0.336 e. The first-order valence-corrected chi connectivity index (χ1v) is 7.35. The van der Waals surface area contributed by atoms with Gasteiger partial charge in [-0.2, -0.15) is 0 Å². The van der Waals surface area contributed by atoms with Gasteiger partial charge in [-0.1, -0.05) is 0 Å². The van der Waals surface area contributed by atoms with Gasteiger partial charge in [-0.15, -0.1) is 11.3 Å². The number of aromatic carboxylic acids is 1. The number of halogens is 1. The van der Waals surface area contributed by atoms with E-state index in [1.165, 1.54) is 17.5 Å². The number of hydrogen-bond acceptors (Lipinski definition) is 4. The molecule has 2 rings (SSSR count). The van der Waals surface area contributed by atoms with E-state index >= 15 is 0 Å². The first kappa shape index (κ1) is 13.5. The van der Waals surface area contributed by atoms with Crippen LogP contribution < -0.4 is 4.72 Å². The zero-order valence-electron chi connectivity index (χ0n) is 9.33. The van der Waals surface area contributed by atoms with Crippen LogP contribution >= 0.6 is 11.3 Å². The van der Waals surface area contributed by atoms with Crippen molar-refractivity contribution in [3.63, 3.8) is 0 Å². The summed E-state index contributed by atoms with van der Waals surface area (Å²) in [6.45, 7) is 0. The molecule has 5 nitrogen and oxygen atoms in total. The number of anilines is 1. The van der Waals surface area contributed by atoms with Gasteiger partial charge >= 0.3 is 5.97 Å². The lowest BCUT2D eigenvalue weighted by Gasteiger charge is -2.05. The maximum Gasteiger partial charge on any atom is 0.336 e. The van der Waals surface area contributed by atoms with Gasteiger partial charge in [-0.05, 0) is 30.3 Å². The Bertz CT molecular complexity index is 707. The molecule has 8 heteroatoms. The van der Waals surface area contributed by atoms with Crippen LogP contribution in [0.1, 0.15) is 10.4 Å². The first-order chi connectivity index (χ1) is 8.88. The van der Waals surface area contributed by atoms with Gasteiger partial charge in [-0.25, -0.2) is 17.6 Å². The van der Waals surface area contributed by atoms with Crippen LogP contribution in [0.25, 0.3) is 0 Å². The Balaban J connectivity index is 2.26. The lowest BCUT2D eigenvalue weighted by Crippen LogP contribution is -2.11. The van der Waals surface area contributed by atoms with Crippen LogP contribution in [-0.4, -0.2) is 19.5 Å². The maximum atomic E-state index is 12.7. The van der Waals surface area contributed by atoms with Crippen molar-refractivity contribution in [1.82, 2.24) is 0 Å². The molecule has 1 aromatic heterocycles. The number of thiophene rings is 1. The van der Waals surface area contributed by atoms with E-state index in [1.54, 1.807) is 0 Å². The molecule has 2 N–H and O–H groups in total. The molecule has 0 unspecified atom stereocenters. The van der Waals surface area contributed by atoms with Gasteiger partial charge in [0.15, 0.2) is 0 Å². The molecule has 0 aliphatic heterocycles. The van der Waals surface area contributed by atoms with Gasteiger partial charge in [0.05, 0.1) is 5.56 Å². The van der Waals surface area contributed by atoms with Gasteiger partial charge in [0.25, 0.3) is 10.0 Å². The van der Waals surface area contributed by atoms with E-state index < -0.39 is 21.8 Å². The molecule has 0 spiro atoms. The molecule has 0 aliphatic carbocycles. The normalized spacial score (nSPS) is 11.2. The molecular formula is C11H8FNO4S2. The standard InChI is InChI=1S/C11H8FNO4S2/c12-8-1-3-9(4-2-8)13-19(16,17)10-5-7(6-18-10)11(14)15/h1-6,13H,(H,14,15). The summed E-state index contributed by atoms with van der Waals surface area (Å²) in [5.41, 5.74) is 0.108. The van der Waals surface area contributed by atoms with Crippen molar-refractivity contribution < 1.29 is 22.7 Å². The Hall–Kier alpha value is -1.93. The molecule has 0 saturated carbocycles. The highest BCUT2D eigenvalue weighted by molar-refractivity contribution is 7.94. The monoisotopic (exact) mass is 301 g/mol. The van der Waals surface area contributed by atoms with Crippen molar-refractivity contribution in [3.8, 4) is 0 Å². The van der Waals surface area contributed by atoms with Crippen molar-refractivity contribution in [2.45, 2.75) is 4.21 Å². The third-order valence-corrected chi connectivity index (χ3v) is 5.00. The Kier molecular flexibility index (Phi) is 3.54. The third kappa shape index (κ3) is 3.09. The summed E-state index contributed by atoms with van der Waals surface area (Å²) in [6.07, 6.45) is 0. The largest absolute Gasteiger partial charge is 0.478 e. The lowest BCUT2D eigenvalue weighted by atomic mass is 10.3. The summed E-state index contributed by atoms with van der Waals surface area (Å²) >= 11 is 0.802. The molecule has 19 heavy (non-hydrogen) atoms. The molecule has 0 atom stereocenters. The summed E-state index contributed by atoms with van der Waals surface area (Å²) in [4.78, 5) is 10.7. The SMILES string of the molecule is O=C(O)c1csc(S(=O)(=O)Nc2ccc(F)cc2)c1. The Morgan fingerprint density at radius 1 is 1.26 bits per heavy atom. The van der Waals surface area contributed by atoms with Crippen LogP contribution in [0.5, 0.6) is 0 Å². The van der Waals surface area contributed by atoms with Gasteiger partial charge < -0.3 is 5.11 Å². The molecule has 0 saturated heterocycles. The molecule has 1 aromatic carbocycles. The van der Waals surface area contributed by atoms with Crippen molar-refractivity contribution in [3.05, 3.63) is 47.1 Å². The zero-order chi connectivity index (χ0) is 14.0. The van der Waals surface area contributed by atoms with E-state index in [0.29, 0.717) is 0 Å². The second kappa shape index (κ2) is 4.98. The number of sulfonamides is 1. The first-order valence-electron chi connectivity index (χ1n) is 4.99. The number of carbonyl (C=O) groups is 1. The van der Waals surface area contributed by atoms with E-state index in [4.69, 9.17) is 5.11 Å². The molecule has 0 fully saturated rings. The average molecular weight is 301 g/mol. The van der Waals surface area contributed by atoms with Crippen LogP contribution in [-0.2, 0) is 10.0 Å². The van der Waals surface area contributed by atoms with Crippen LogP contribution in [0.3, 0.4) is 0 Å². The molecular weight excluding hydrogens is 293 g/mol. The Morgan fingerprint density at radius 3 is 2.42 bits per heavy atom. The highest BCUT2D eigenvalue weighted by Crippen LogP contribution is 2.23. The lowest BCUT2D eigenvalue weighted by molar-refractivity contribution is 0.0697. The minimum Gasteiger partial charge on any atom is -0.478 e.